The highest BCUT2D eigenvalue weighted by Crippen LogP contribution is 2.50. The molecular formula is C53H52N8O7. The highest BCUT2D eigenvalue weighted by Gasteiger charge is 2.40. The van der Waals surface area contributed by atoms with Crippen LogP contribution in [0.2, 0.25) is 0 Å². The lowest BCUT2D eigenvalue weighted by Crippen LogP contribution is -2.42. The van der Waals surface area contributed by atoms with Crippen LogP contribution in [0.15, 0.2) is 121 Å². The molecule has 0 saturated carbocycles. The fourth-order valence-corrected chi connectivity index (χ4v) is 10.0. The lowest BCUT2D eigenvalue weighted by Gasteiger charge is -2.35. The number of hydrogen-bond acceptors (Lipinski definition) is 9. The maximum absolute atomic E-state index is 14.1. The maximum Gasteiger partial charge on any atom is 0.407 e. The number of rotatable bonds is 10. The molecule has 0 unspecified atom stereocenters. The Morgan fingerprint density at radius 3 is 1.85 bits per heavy atom. The number of benzene rings is 5. The summed E-state index contributed by atoms with van der Waals surface area (Å²) in [6.07, 6.45) is 3.53. The van der Waals surface area contributed by atoms with Crippen LogP contribution in [0.25, 0.3) is 33.4 Å². The number of carbonyl (C=O) groups excluding carboxylic acids is 4. The van der Waals surface area contributed by atoms with Gasteiger partial charge in [0.15, 0.2) is 0 Å². The Morgan fingerprint density at radius 2 is 1.24 bits per heavy atom. The summed E-state index contributed by atoms with van der Waals surface area (Å²) in [6.45, 7) is 5.47. The van der Waals surface area contributed by atoms with E-state index in [1.165, 1.54) is 14.2 Å². The van der Waals surface area contributed by atoms with Gasteiger partial charge in [0.05, 0.1) is 49.2 Å². The van der Waals surface area contributed by atoms with Crippen LogP contribution in [-0.4, -0.2) is 81.0 Å². The van der Waals surface area contributed by atoms with Crippen molar-refractivity contribution in [2.45, 2.75) is 69.1 Å². The molecule has 0 bridgehead atoms. The van der Waals surface area contributed by atoms with Crippen LogP contribution >= 0.6 is 0 Å². The number of aromatic amines is 2. The van der Waals surface area contributed by atoms with Crippen LogP contribution < -0.4 is 15.4 Å². The first-order chi connectivity index (χ1) is 33.0. The standard InChI is InChI=1S/C53H52N8O7/c1-53(2)36-22-19-34(33-20-23-38-39(28-33)56-48(55-38)42-18-12-26-61(42)50(63)46(59-52(65)67-4)32-15-9-6-10-16-32)29-44(36)68-43-24-21-35(27-37(43)53)40-30-54-47(57-40)41-17-11-25-60(41)49(62)45(58-51(64)66-3)31-13-7-5-8-14-31/h5-10,13-16,19-24,27-30,41-42,45-46H,11-12,17-18,25-26H2,1-4H3,(H,54,57)(H,55,56)(H,58,64)(H,59,65)/t41-,42-,45+,46+/m0/s1. The first-order valence-electron chi connectivity index (χ1n) is 22.9. The van der Waals surface area contributed by atoms with Crippen molar-refractivity contribution in [2.24, 2.45) is 0 Å². The Bertz CT molecular complexity index is 3040. The maximum atomic E-state index is 14.1. The molecule has 3 aliphatic rings. The molecule has 2 aromatic heterocycles. The van der Waals surface area contributed by atoms with Crippen molar-refractivity contribution >= 4 is 35.0 Å². The molecule has 3 aliphatic heterocycles. The second-order valence-electron chi connectivity index (χ2n) is 18.0. The van der Waals surface area contributed by atoms with Gasteiger partial charge in [-0.3, -0.25) is 9.59 Å². The van der Waals surface area contributed by atoms with Gasteiger partial charge in [-0.15, -0.1) is 0 Å². The number of likely N-dealkylation sites (tertiary alicyclic amines) is 2. The van der Waals surface area contributed by atoms with E-state index in [9.17, 15) is 19.2 Å². The summed E-state index contributed by atoms with van der Waals surface area (Å²) in [5.74, 6) is 2.48. The van der Waals surface area contributed by atoms with E-state index < -0.39 is 29.7 Å². The van der Waals surface area contributed by atoms with Crippen molar-refractivity contribution < 1.29 is 33.4 Å². The molecule has 5 heterocycles. The van der Waals surface area contributed by atoms with E-state index in [0.29, 0.717) is 35.9 Å². The number of nitrogens with zero attached hydrogens (tertiary/aromatic N) is 4. The van der Waals surface area contributed by atoms with E-state index >= 15 is 0 Å². The Morgan fingerprint density at radius 1 is 0.662 bits per heavy atom. The number of hydrogen-bond donors (Lipinski definition) is 4. The predicted octanol–water partition coefficient (Wildman–Crippen LogP) is 9.57. The molecule has 0 aliphatic carbocycles. The van der Waals surface area contributed by atoms with E-state index in [2.05, 4.69) is 64.8 Å². The van der Waals surface area contributed by atoms with Gasteiger partial charge in [-0.2, -0.15) is 0 Å². The van der Waals surface area contributed by atoms with Crippen LogP contribution in [0.4, 0.5) is 9.59 Å². The summed E-state index contributed by atoms with van der Waals surface area (Å²) in [5, 5.41) is 5.46. The van der Waals surface area contributed by atoms with Crippen LogP contribution in [0.1, 0.15) is 97.6 Å². The summed E-state index contributed by atoms with van der Waals surface area (Å²) >= 11 is 0. The molecule has 5 aromatic carbocycles. The Hall–Kier alpha value is -7.94. The second-order valence-corrected chi connectivity index (χ2v) is 18.0. The molecule has 7 aromatic rings. The molecule has 2 fully saturated rings. The quantitative estimate of drug-likeness (QED) is 0.104. The lowest BCUT2D eigenvalue weighted by atomic mass is 9.75. The zero-order chi connectivity index (χ0) is 47.1. The third kappa shape index (κ3) is 8.18. The number of alkyl carbamates (subject to hydrolysis) is 2. The Labute approximate surface area is 393 Å². The average Bonchev–Trinajstić information content (AvgIpc) is 4.22. The molecule has 15 nitrogen and oxygen atoms in total. The number of ether oxygens (including phenoxy) is 3. The molecule has 4 amide bonds. The van der Waals surface area contributed by atoms with Gasteiger partial charge in [0.2, 0.25) is 0 Å². The van der Waals surface area contributed by atoms with Gasteiger partial charge < -0.3 is 44.6 Å². The largest absolute Gasteiger partial charge is 0.457 e. The molecule has 0 radical (unpaired) electrons. The van der Waals surface area contributed by atoms with Gasteiger partial charge in [0.1, 0.15) is 35.2 Å². The van der Waals surface area contributed by atoms with Gasteiger partial charge in [0, 0.05) is 35.2 Å². The van der Waals surface area contributed by atoms with Gasteiger partial charge in [-0.25, -0.2) is 19.6 Å². The highest BCUT2D eigenvalue weighted by atomic mass is 16.5. The number of imidazole rings is 2. The van der Waals surface area contributed by atoms with E-state index in [1.54, 1.807) is 9.80 Å². The Balaban J connectivity index is 0.863. The predicted molar refractivity (Wildman–Crippen MR) is 255 cm³/mol. The third-order valence-corrected chi connectivity index (χ3v) is 13.6. The summed E-state index contributed by atoms with van der Waals surface area (Å²) in [7, 11) is 2.56. The number of carbonyl (C=O) groups is 4. The normalized spacial score (nSPS) is 17.9. The summed E-state index contributed by atoms with van der Waals surface area (Å²) in [4.78, 5) is 73.2. The minimum absolute atomic E-state index is 0.220. The van der Waals surface area contributed by atoms with E-state index in [1.807, 2.05) is 91.1 Å². The van der Waals surface area contributed by atoms with Crippen LogP contribution in [0.5, 0.6) is 11.5 Å². The summed E-state index contributed by atoms with van der Waals surface area (Å²) < 4.78 is 16.4. The first kappa shape index (κ1) is 43.9. The summed E-state index contributed by atoms with van der Waals surface area (Å²) in [6, 6.07) is 34.6. The third-order valence-electron chi connectivity index (χ3n) is 13.6. The number of nitrogens with one attached hydrogen (secondary N) is 4. The van der Waals surface area contributed by atoms with Crippen molar-refractivity contribution in [1.82, 2.24) is 40.4 Å². The zero-order valence-corrected chi connectivity index (χ0v) is 38.2. The topological polar surface area (TPSA) is 184 Å². The van der Waals surface area contributed by atoms with Crippen LogP contribution in [0, 0.1) is 0 Å². The minimum Gasteiger partial charge on any atom is -0.457 e. The van der Waals surface area contributed by atoms with E-state index in [4.69, 9.17) is 24.2 Å². The van der Waals surface area contributed by atoms with E-state index in [0.717, 1.165) is 81.7 Å². The fourth-order valence-electron chi connectivity index (χ4n) is 10.0. The van der Waals surface area contributed by atoms with Crippen molar-refractivity contribution in [3.8, 4) is 33.9 Å². The van der Waals surface area contributed by atoms with Crippen molar-refractivity contribution in [3.05, 3.63) is 155 Å². The second kappa shape index (κ2) is 18.0. The van der Waals surface area contributed by atoms with Crippen molar-refractivity contribution in [3.63, 3.8) is 0 Å². The smallest absolute Gasteiger partial charge is 0.407 e. The molecule has 4 atom stereocenters. The molecule has 2 saturated heterocycles. The minimum atomic E-state index is -0.901. The molecule has 0 spiro atoms. The lowest BCUT2D eigenvalue weighted by molar-refractivity contribution is -0.135. The number of amides is 4. The first-order valence-corrected chi connectivity index (χ1v) is 22.9. The number of aromatic nitrogens is 4. The molecule has 68 heavy (non-hydrogen) atoms. The fraction of sp³-hybridized carbons (Fsp3) is 0.283. The van der Waals surface area contributed by atoms with Crippen LogP contribution in [0.3, 0.4) is 0 Å². The van der Waals surface area contributed by atoms with Gasteiger partial charge >= 0.3 is 12.2 Å². The molecule has 15 heteroatoms. The SMILES string of the molecule is COC(=O)N[C@@H](C(=O)N1CCC[C@H]1c1ncc(-c2ccc3c(c2)C(C)(C)c2ccc(-c4ccc5nc([C@@H]6CCCN6C(=O)[C@H](NC(=O)OC)c6ccccc6)[nH]c5c4)cc2O3)[nH]1)c1ccccc1. The molecule has 4 N–H and O–H groups in total. The van der Waals surface area contributed by atoms with Crippen molar-refractivity contribution in [2.75, 3.05) is 27.3 Å². The molecular weight excluding hydrogens is 861 g/mol. The number of methoxy groups -OCH3 is 2. The average molecular weight is 913 g/mol. The Kier molecular flexibility index (Phi) is 11.7. The number of H-pyrrole nitrogens is 2. The number of fused-ring (bicyclic) bond motifs is 3. The monoisotopic (exact) mass is 912 g/mol. The zero-order valence-electron chi connectivity index (χ0n) is 38.2. The highest BCUT2D eigenvalue weighted by molar-refractivity contribution is 5.89. The summed E-state index contributed by atoms with van der Waals surface area (Å²) in [5.41, 5.74) is 8.39. The molecule has 346 valence electrons. The molecule has 10 rings (SSSR count). The van der Waals surface area contributed by atoms with Gasteiger partial charge in [-0.1, -0.05) is 92.7 Å². The van der Waals surface area contributed by atoms with Crippen molar-refractivity contribution in [1.29, 1.82) is 0 Å². The van der Waals surface area contributed by atoms with Crippen LogP contribution in [-0.2, 0) is 24.5 Å². The van der Waals surface area contributed by atoms with E-state index in [-0.39, 0.29) is 23.9 Å². The van der Waals surface area contributed by atoms with Gasteiger partial charge in [-0.05, 0) is 84.3 Å². The van der Waals surface area contributed by atoms with Gasteiger partial charge in [0.25, 0.3) is 11.8 Å².